The minimum Gasteiger partial charge on any atom is -0.491 e. The zero-order valence-electron chi connectivity index (χ0n) is 22.5. The summed E-state index contributed by atoms with van der Waals surface area (Å²) in [5.74, 6) is 1.60. The van der Waals surface area contributed by atoms with Gasteiger partial charge in [0.15, 0.2) is 5.65 Å². The molecule has 0 saturated carbocycles. The van der Waals surface area contributed by atoms with Gasteiger partial charge in [0.1, 0.15) is 23.7 Å². The monoisotopic (exact) mass is 616 g/mol. The summed E-state index contributed by atoms with van der Waals surface area (Å²) >= 11 is 3.62. The Morgan fingerprint density at radius 2 is 2.05 bits per heavy atom. The number of ether oxygens (including phenoxy) is 2. The minimum absolute atomic E-state index is 0.0107. The molecule has 208 valence electrons. The molecule has 1 aliphatic heterocycles. The number of hydrogen-bond acceptors (Lipinski definition) is 7. The first-order valence-corrected chi connectivity index (χ1v) is 15.3. The molecule has 0 aliphatic carbocycles. The van der Waals surface area contributed by atoms with Gasteiger partial charge in [-0.15, -0.1) is 0 Å². The van der Waals surface area contributed by atoms with Crippen LogP contribution in [0.2, 0.25) is 0 Å². The second-order valence-electron chi connectivity index (χ2n) is 9.61. The highest BCUT2D eigenvalue weighted by molar-refractivity contribution is 9.10. The quantitative estimate of drug-likeness (QED) is 0.249. The van der Waals surface area contributed by atoms with Crippen LogP contribution in [0.5, 0.6) is 5.75 Å². The SMILES string of the molecule is CCS(=O)(=O)N1CC[C@H](Nc2c(Br)cnc3nc(-c4cc(C)n(-c5cccc(OCCOC)c5)c4C)[nH]c23)C1. The van der Waals surface area contributed by atoms with E-state index in [1.807, 2.05) is 18.2 Å². The Labute approximate surface area is 236 Å². The molecule has 1 saturated heterocycles. The molecular weight excluding hydrogens is 584 g/mol. The number of nitrogens with one attached hydrogen (secondary N) is 2. The van der Waals surface area contributed by atoms with Gasteiger partial charge in [0.25, 0.3) is 0 Å². The fourth-order valence-corrected chi connectivity index (χ4v) is 6.61. The second-order valence-corrected chi connectivity index (χ2v) is 12.7. The number of aromatic nitrogens is 4. The Hall–Kier alpha value is -2.93. The molecular formula is C27H33BrN6O4S. The van der Waals surface area contributed by atoms with Gasteiger partial charge in [-0.25, -0.2) is 18.4 Å². The smallest absolute Gasteiger partial charge is 0.213 e. The Morgan fingerprint density at radius 1 is 1.23 bits per heavy atom. The average molecular weight is 618 g/mol. The highest BCUT2D eigenvalue weighted by Gasteiger charge is 2.31. The Balaban J connectivity index is 1.45. The van der Waals surface area contributed by atoms with Crippen molar-refractivity contribution in [3.8, 4) is 22.8 Å². The molecule has 0 spiro atoms. The summed E-state index contributed by atoms with van der Waals surface area (Å²) in [5, 5.41) is 3.54. The molecule has 1 aliphatic rings. The van der Waals surface area contributed by atoms with Crippen molar-refractivity contribution in [2.24, 2.45) is 0 Å². The lowest BCUT2D eigenvalue weighted by atomic mass is 10.2. The van der Waals surface area contributed by atoms with Crippen LogP contribution < -0.4 is 10.1 Å². The van der Waals surface area contributed by atoms with Crippen molar-refractivity contribution in [2.75, 3.05) is 44.5 Å². The highest BCUT2D eigenvalue weighted by atomic mass is 79.9. The number of anilines is 1. The van der Waals surface area contributed by atoms with Gasteiger partial charge < -0.3 is 24.3 Å². The number of hydrogen-bond donors (Lipinski definition) is 2. The number of benzene rings is 1. The summed E-state index contributed by atoms with van der Waals surface area (Å²) < 4.78 is 40.1. The number of halogens is 1. The molecule has 3 aromatic heterocycles. The van der Waals surface area contributed by atoms with Crippen LogP contribution >= 0.6 is 15.9 Å². The van der Waals surface area contributed by atoms with Crippen LogP contribution in [0.4, 0.5) is 5.69 Å². The summed E-state index contributed by atoms with van der Waals surface area (Å²) in [6.07, 6.45) is 2.45. The van der Waals surface area contributed by atoms with Gasteiger partial charge in [-0.1, -0.05) is 6.07 Å². The van der Waals surface area contributed by atoms with Crippen LogP contribution in [-0.2, 0) is 14.8 Å². The third kappa shape index (κ3) is 5.56. The number of methoxy groups -OCH3 is 1. The van der Waals surface area contributed by atoms with Crippen molar-refractivity contribution in [1.82, 2.24) is 23.8 Å². The van der Waals surface area contributed by atoms with E-state index >= 15 is 0 Å². The molecule has 0 bridgehead atoms. The van der Waals surface area contributed by atoms with E-state index in [0.717, 1.165) is 50.5 Å². The van der Waals surface area contributed by atoms with E-state index in [1.165, 1.54) is 0 Å². The summed E-state index contributed by atoms with van der Waals surface area (Å²) in [5.41, 5.74) is 6.25. The standard InChI is InChI=1S/C27H33BrN6O4S/c1-5-39(35,36)33-10-9-19(16-33)30-24-23(28)15-29-27-25(24)31-26(32-27)22-13-17(2)34(18(22)3)20-7-6-8-21(14-20)38-12-11-37-4/h6-8,13-15,19H,5,9-12,16H2,1-4H3,(H2,29,30,31,32)/t19-/m0/s1. The van der Waals surface area contributed by atoms with Gasteiger partial charge in [-0.3, -0.25) is 0 Å². The maximum Gasteiger partial charge on any atom is 0.213 e. The van der Waals surface area contributed by atoms with Crippen molar-refractivity contribution in [3.05, 3.63) is 52.4 Å². The molecule has 1 aromatic carbocycles. The number of sulfonamides is 1. The van der Waals surface area contributed by atoms with Gasteiger partial charge in [-0.2, -0.15) is 4.31 Å². The predicted octanol–water partition coefficient (Wildman–Crippen LogP) is 4.66. The molecule has 39 heavy (non-hydrogen) atoms. The van der Waals surface area contributed by atoms with E-state index in [4.69, 9.17) is 14.5 Å². The predicted molar refractivity (Wildman–Crippen MR) is 156 cm³/mol. The van der Waals surface area contributed by atoms with E-state index in [-0.39, 0.29) is 11.8 Å². The number of aromatic amines is 1. The van der Waals surface area contributed by atoms with Crippen LogP contribution in [0, 0.1) is 13.8 Å². The summed E-state index contributed by atoms with van der Waals surface area (Å²) in [4.78, 5) is 12.8. The lowest BCUT2D eigenvalue weighted by molar-refractivity contribution is 0.146. The second kappa shape index (κ2) is 11.3. The molecule has 5 rings (SSSR count). The van der Waals surface area contributed by atoms with Crippen molar-refractivity contribution in [1.29, 1.82) is 0 Å². The third-order valence-corrected chi connectivity index (χ3v) is 9.50. The maximum absolute atomic E-state index is 12.3. The third-order valence-electron chi connectivity index (χ3n) is 7.05. The Bertz CT molecular complexity index is 1600. The molecule has 1 atom stereocenters. The number of fused-ring (bicyclic) bond motifs is 1. The minimum atomic E-state index is -3.21. The van der Waals surface area contributed by atoms with Crippen LogP contribution in [-0.4, -0.2) is 77.4 Å². The molecule has 1 fully saturated rings. The molecule has 4 aromatic rings. The largest absolute Gasteiger partial charge is 0.491 e. The summed E-state index contributed by atoms with van der Waals surface area (Å²) in [6, 6.07) is 10.1. The van der Waals surface area contributed by atoms with Crippen LogP contribution in [0.15, 0.2) is 41.0 Å². The Morgan fingerprint density at radius 3 is 2.82 bits per heavy atom. The molecule has 4 heterocycles. The lowest BCUT2D eigenvalue weighted by Gasteiger charge is -2.17. The number of rotatable bonds is 10. The topological polar surface area (TPSA) is 114 Å². The first kappa shape index (κ1) is 27.6. The number of imidazole rings is 1. The molecule has 0 radical (unpaired) electrons. The molecule has 2 N–H and O–H groups in total. The molecule has 12 heteroatoms. The Kier molecular flexibility index (Phi) is 7.99. The fraction of sp³-hybridized carbons (Fsp3) is 0.407. The number of H-pyrrole nitrogens is 1. The van der Waals surface area contributed by atoms with E-state index in [2.05, 4.69) is 61.8 Å². The van der Waals surface area contributed by atoms with Crippen molar-refractivity contribution >= 4 is 42.8 Å². The zero-order valence-corrected chi connectivity index (χ0v) is 24.9. The van der Waals surface area contributed by atoms with Gasteiger partial charge >= 0.3 is 0 Å². The summed E-state index contributed by atoms with van der Waals surface area (Å²) in [6.45, 7) is 7.77. The van der Waals surface area contributed by atoms with E-state index in [1.54, 1.807) is 24.5 Å². The number of pyridine rings is 1. The normalized spacial score (nSPS) is 16.3. The van der Waals surface area contributed by atoms with Crippen LogP contribution in [0.25, 0.3) is 28.2 Å². The number of aryl methyl sites for hydroxylation is 1. The average Bonchev–Trinajstić information content (AvgIpc) is 3.64. The van der Waals surface area contributed by atoms with Crippen molar-refractivity contribution in [3.63, 3.8) is 0 Å². The zero-order chi connectivity index (χ0) is 27.7. The fourth-order valence-electron chi connectivity index (χ4n) is 5.04. The maximum atomic E-state index is 12.3. The van der Waals surface area contributed by atoms with Gasteiger partial charge in [0, 0.05) is 61.1 Å². The van der Waals surface area contributed by atoms with Crippen LogP contribution in [0.3, 0.4) is 0 Å². The van der Waals surface area contributed by atoms with Crippen molar-refractivity contribution < 1.29 is 17.9 Å². The molecule has 0 unspecified atom stereocenters. The molecule has 10 nitrogen and oxygen atoms in total. The van der Waals surface area contributed by atoms with Crippen LogP contribution in [0.1, 0.15) is 24.7 Å². The van der Waals surface area contributed by atoms with E-state index in [9.17, 15) is 8.42 Å². The lowest BCUT2D eigenvalue weighted by Crippen LogP contribution is -2.32. The van der Waals surface area contributed by atoms with Gasteiger partial charge in [0.05, 0.1) is 22.5 Å². The van der Waals surface area contributed by atoms with Gasteiger partial charge in [0.2, 0.25) is 10.0 Å². The highest BCUT2D eigenvalue weighted by Crippen LogP contribution is 2.35. The number of nitrogens with zero attached hydrogens (tertiary/aromatic N) is 4. The first-order chi connectivity index (χ1) is 18.7. The van der Waals surface area contributed by atoms with E-state index < -0.39 is 10.0 Å². The van der Waals surface area contributed by atoms with Crippen molar-refractivity contribution in [2.45, 2.75) is 33.2 Å². The van der Waals surface area contributed by atoms with E-state index in [0.29, 0.717) is 37.8 Å². The summed E-state index contributed by atoms with van der Waals surface area (Å²) in [7, 11) is -1.56. The van der Waals surface area contributed by atoms with Gasteiger partial charge in [-0.05, 0) is 61.3 Å². The first-order valence-electron chi connectivity index (χ1n) is 12.9. The molecule has 0 amide bonds.